The van der Waals surface area contributed by atoms with Crippen molar-refractivity contribution in [1.29, 1.82) is 0 Å². The number of carbonyl (C=O) groups excluding carboxylic acids is 1. The third kappa shape index (κ3) is 3.50. The van der Waals surface area contributed by atoms with Crippen LogP contribution in [-0.4, -0.2) is 32.6 Å². The Morgan fingerprint density at radius 1 is 1.48 bits per heavy atom. The number of hydrogen-bond donors (Lipinski definition) is 0. The molecule has 1 amide bonds. The van der Waals surface area contributed by atoms with Gasteiger partial charge < -0.3 is 9.32 Å². The number of aryl methyl sites for hydroxylation is 2. The molecule has 0 aliphatic heterocycles. The minimum Gasteiger partial charge on any atom is -0.440 e. The second-order valence-electron chi connectivity index (χ2n) is 5.45. The lowest BCUT2D eigenvalue weighted by Crippen LogP contribution is -2.27. The number of rotatable bonds is 5. The van der Waals surface area contributed by atoms with E-state index in [1.54, 1.807) is 34.2 Å². The van der Waals surface area contributed by atoms with Crippen LogP contribution in [0, 0.1) is 6.92 Å². The summed E-state index contributed by atoms with van der Waals surface area (Å²) < 4.78 is 7.40. The molecular formula is C16H18N4O2S. The predicted octanol–water partition coefficient (Wildman–Crippen LogP) is 2.65. The Morgan fingerprint density at radius 3 is 2.96 bits per heavy atom. The summed E-state index contributed by atoms with van der Waals surface area (Å²) in [7, 11) is 3.64. The molecule has 6 nitrogen and oxygen atoms in total. The molecule has 3 aromatic heterocycles. The summed E-state index contributed by atoms with van der Waals surface area (Å²) in [4.78, 5) is 19.5. The Bertz CT molecular complexity index is 804. The number of aromatic nitrogens is 3. The van der Waals surface area contributed by atoms with Gasteiger partial charge in [-0.05, 0) is 18.4 Å². The maximum Gasteiger partial charge on any atom is 0.236 e. The van der Waals surface area contributed by atoms with Crippen molar-refractivity contribution in [3.05, 3.63) is 46.9 Å². The standard InChI is InChI=1S/C16H18N4O2S/c1-11-13(18-16(22-11)14-5-4-6-23-14)7-15(21)19(2)9-12-8-17-20(3)10-12/h4-6,8,10H,7,9H2,1-3H3. The van der Waals surface area contributed by atoms with Crippen molar-refractivity contribution < 1.29 is 9.21 Å². The number of amides is 1. The van der Waals surface area contributed by atoms with Gasteiger partial charge in [-0.1, -0.05) is 6.07 Å². The largest absolute Gasteiger partial charge is 0.440 e. The van der Waals surface area contributed by atoms with E-state index in [4.69, 9.17) is 4.42 Å². The molecule has 0 N–H and O–H groups in total. The fourth-order valence-electron chi connectivity index (χ4n) is 2.29. The molecule has 3 heterocycles. The Balaban J connectivity index is 1.67. The molecule has 0 aromatic carbocycles. The van der Waals surface area contributed by atoms with Gasteiger partial charge in [0.15, 0.2) is 0 Å². The van der Waals surface area contributed by atoms with E-state index in [2.05, 4.69) is 10.1 Å². The highest BCUT2D eigenvalue weighted by Gasteiger charge is 2.18. The third-order valence-corrected chi connectivity index (χ3v) is 4.41. The first kappa shape index (κ1) is 15.5. The minimum atomic E-state index is 0.00276. The van der Waals surface area contributed by atoms with Gasteiger partial charge in [-0.3, -0.25) is 9.48 Å². The average Bonchev–Trinajstić information content (AvgIpc) is 3.22. The van der Waals surface area contributed by atoms with Gasteiger partial charge in [0.1, 0.15) is 5.76 Å². The molecule has 0 aliphatic rings. The maximum atomic E-state index is 12.4. The number of carbonyl (C=O) groups is 1. The molecule has 3 aromatic rings. The Morgan fingerprint density at radius 2 is 2.30 bits per heavy atom. The zero-order chi connectivity index (χ0) is 16.4. The fourth-order valence-corrected chi connectivity index (χ4v) is 2.94. The van der Waals surface area contributed by atoms with Crippen molar-refractivity contribution in [2.45, 2.75) is 19.9 Å². The van der Waals surface area contributed by atoms with Crippen LogP contribution in [0.1, 0.15) is 17.0 Å². The van der Waals surface area contributed by atoms with Gasteiger partial charge >= 0.3 is 0 Å². The number of thiophene rings is 1. The topological polar surface area (TPSA) is 64.2 Å². The summed E-state index contributed by atoms with van der Waals surface area (Å²) in [5, 5.41) is 6.09. The van der Waals surface area contributed by atoms with E-state index in [1.165, 1.54) is 0 Å². The van der Waals surface area contributed by atoms with Crippen LogP contribution < -0.4 is 0 Å². The molecule has 0 saturated heterocycles. The van der Waals surface area contributed by atoms with E-state index in [0.717, 1.165) is 10.4 Å². The molecule has 0 aliphatic carbocycles. The van der Waals surface area contributed by atoms with Crippen LogP contribution in [-0.2, 0) is 24.8 Å². The zero-order valence-corrected chi connectivity index (χ0v) is 14.1. The number of nitrogens with zero attached hydrogens (tertiary/aromatic N) is 4. The van der Waals surface area contributed by atoms with Crippen molar-refractivity contribution in [1.82, 2.24) is 19.7 Å². The van der Waals surface area contributed by atoms with E-state index in [1.807, 2.05) is 37.7 Å². The minimum absolute atomic E-state index is 0.00276. The van der Waals surface area contributed by atoms with Crippen molar-refractivity contribution >= 4 is 17.2 Å². The predicted molar refractivity (Wildman–Crippen MR) is 87.9 cm³/mol. The first-order valence-corrected chi connectivity index (χ1v) is 8.12. The van der Waals surface area contributed by atoms with E-state index < -0.39 is 0 Å². The average molecular weight is 330 g/mol. The first-order chi connectivity index (χ1) is 11.0. The highest BCUT2D eigenvalue weighted by Crippen LogP contribution is 2.26. The Hall–Kier alpha value is -2.41. The van der Waals surface area contributed by atoms with Gasteiger partial charge in [0, 0.05) is 32.4 Å². The molecule has 23 heavy (non-hydrogen) atoms. The molecule has 0 radical (unpaired) electrons. The highest BCUT2D eigenvalue weighted by molar-refractivity contribution is 7.13. The van der Waals surface area contributed by atoms with Crippen molar-refractivity contribution in [3.63, 3.8) is 0 Å². The summed E-state index contributed by atoms with van der Waals surface area (Å²) >= 11 is 1.57. The number of hydrogen-bond acceptors (Lipinski definition) is 5. The van der Waals surface area contributed by atoms with Crippen LogP contribution in [0.2, 0.25) is 0 Å². The quantitative estimate of drug-likeness (QED) is 0.721. The monoisotopic (exact) mass is 330 g/mol. The smallest absolute Gasteiger partial charge is 0.236 e. The summed E-state index contributed by atoms with van der Waals surface area (Å²) in [6, 6.07) is 3.90. The molecular weight excluding hydrogens is 312 g/mol. The van der Waals surface area contributed by atoms with Crippen LogP contribution in [0.4, 0.5) is 0 Å². The van der Waals surface area contributed by atoms with Gasteiger partial charge in [-0.15, -0.1) is 11.3 Å². The van der Waals surface area contributed by atoms with Crippen LogP contribution in [0.3, 0.4) is 0 Å². The van der Waals surface area contributed by atoms with Gasteiger partial charge in [-0.25, -0.2) is 4.98 Å². The molecule has 0 saturated carbocycles. The van der Waals surface area contributed by atoms with Gasteiger partial charge in [0.05, 0.1) is 23.2 Å². The van der Waals surface area contributed by atoms with Crippen LogP contribution in [0.5, 0.6) is 0 Å². The van der Waals surface area contributed by atoms with Gasteiger partial charge in [0.2, 0.25) is 11.8 Å². The maximum absolute atomic E-state index is 12.4. The first-order valence-electron chi connectivity index (χ1n) is 7.24. The van der Waals surface area contributed by atoms with Crippen LogP contribution in [0.15, 0.2) is 34.3 Å². The second kappa shape index (κ2) is 6.37. The van der Waals surface area contributed by atoms with Crippen LogP contribution >= 0.6 is 11.3 Å². The normalized spacial score (nSPS) is 10.9. The van der Waals surface area contributed by atoms with E-state index in [0.29, 0.717) is 23.9 Å². The second-order valence-corrected chi connectivity index (χ2v) is 6.40. The lowest BCUT2D eigenvalue weighted by Gasteiger charge is -2.15. The molecule has 120 valence electrons. The lowest BCUT2D eigenvalue weighted by molar-refractivity contribution is -0.129. The highest BCUT2D eigenvalue weighted by atomic mass is 32.1. The molecule has 0 unspecified atom stereocenters. The van der Waals surface area contributed by atoms with Crippen molar-refractivity contribution in [3.8, 4) is 10.8 Å². The van der Waals surface area contributed by atoms with Gasteiger partial charge in [-0.2, -0.15) is 5.10 Å². The SMILES string of the molecule is Cc1oc(-c2cccs2)nc1CC(=O)N(C)Cc1cnn(C)c1. The summed E-state index contributed by atoms with van der Waals surface area (Å²) in [5.41, 5.74) is 1.69. The summed E-state index contributed by atoms with van der Waals surface area (Å²) in [5.74, 6) is 1.27. The molecule has 7 heteroatoms. The molecule has 0 atom stereocenters. The lowest BCUT2D eigenvalue weighted by atomic mass is 10.2. The number of oxazole rings is 1. The van der Waals surface area contributed by atoms with Crippen LogP contribution in [0.25, 0.3) is 10.8 Å². The Labute approximate surface area is 138 Å². The van der Waals surface area contributed by atoms with E-state index in [9.17, 15) is 4.79 Å². The molecule has 0 bridgehead atoms. The van der Waals surface area contributed by atoms with E-state index in [-0.39, 0.29) is 12.3 Å². The molecule has 3 rings (SSSR count). The van der Waals surface area contributed by atoms with E-state index >= 15 is 0 Å². The third-order valence-electron chi connectivity index (χ3n) is 3.55. The van der Waals surface area contributed by atoms with Crippen molar-refractivity contribution in [2.75, 3.05) is 7.05 Å². The summed E-state index contributed by atoms with van der Waals surface area (Å²) in [6.45, 7) is 2.37. The number of likely N-dealkylation sites (N-methyl/N-ethyl adjacent to an activating group) is 1. The van der Waals surface area contributed by atoms with Crippen molar-refractivity contribution in [2.24, 2.45) is 7.05 Å². The summed E-state index contributed by atoms with van der Waals surface area (Å²) in [6.07, 6.45) is 3.90. The molecule has 0 fully saturated rings. The molecule has 0 spiro atoms. The Kier molecular flexibility index (Phi) is 4.29. The van der Waals surface area contributed by atoms with Gasteiger partial charge in [0.25, 0.3) is 0 Å². The zero-order valence-electron chi connectivity index (χ0n) is 13.3. The fraction of sp³-hybridized carbons (Fsp3) is 0.312.